The molecule has 6 nitrogen and oxygen atoms in total. The smallest absolute Gasteiger partial charge is 0.259 e. The van der Waals surface area contributed by atoms with Gasteiger partial charge in [-0.05, 0) is 37.8 Å². The molecule has 0 aliphatic carbocycles. The number of likely N-dealkylation sites (tertiary alicyclic amines) is 1. The molecule has 0 saturated carbocycles. The van der Waals surface area contributed by atoms with Crippen LogP contribution in [0, 0.1) is 13.8 Å². The Morgan fingerprint density at radius 2 is 2.04 bits per heavy atom. The van der Waals surface area contributed by atoms with Crippen LogP contribution in [0.25, 0.3) is 0 Å². The SMILES string of the molecule is Cc1noc(C)c1C(=O)N1CC[C@](O)(CN2CCc3ccccc3C2)C1. The van der Waals surface area contributed by atoms with Crippen LogP contribution in [-0.2, 0) is 13.0 Å². The average molecular weight is 355 g/mol. The molecule has 0 unspecified atom stereocenters. The van der Waals surface area contributed by atoms with Gasteiger partial charge in [0.1, 0.15) is 11.3 Å². The Hall–Kier alpha value is -2.18. The minimum absolute atomic E-state index is 0.0961. The van der Waals surface area contributed by atoms with Crippen LogP contribution in [0.3, 0.4) is 0 Å². The maximum atomic E-state index is 12.8. The molecular formula is C20H25N3O3. The number of hydrogen-bond donors (Lipinski definition) is 1. The summed E-state index contributed by atoms with van der Waals surface area (Å²) in [6.45, 7) is 6.83. The first-order valence-electron chi connectivity index (χ1n) is 9.19. The summed E-state index contributed by atoms with van der Waals surface area (Å²) in [5.41, 5.74) is 3.01. The molecule has 0 bridgehead atoms. The zero-order valence-electron chi connectivity index (χ0n) is 15.4. The molecule has 4 rings (SSSR count). The lowest BCUT2D eigenvalue weighted by molar-refractivity contribution is 0.00802. The van der Waals surface area contributed by atoms with Gasteiger partial charge in [0.2, 0.25) is 0 Å². The topological polar surface area (TPSA) is 69.8 Å². The number of amides is 1. The Labute approximate surface area is 153 Å². The van der Waals surface area contributed by atoms with Crippen LogP contribution in [0.4, 0.5) is 0 Å². The van der Waals surface area contributed by atoms with Crippen LogP contribution in [0.5, 0.6) is 0 Å². The van der Waals surface area contributed by atoms with E-state index < -0.39 is 5.60 Å². The highest BCUT2D eigenvalue weighted by atomic mass is 16.5. The Morgan fingerprint density at radius 3 is 2.77 bits per heavy atom. The zero-order valence-corrected chi connectivity index (χ0v) is 15.4. The van der Waals surface area contributed by atoms with E-state index in [1.165, 1.54) is 11.1 Å². The Kier molecular flexibility index (Phi) is 4.32. The normalized spacial score (nSPS) is 23.3. The first kappa shape index (κ1) is 17.2. The molecule has 0 spiro atoms. The second-order valence-corrected chi connectivity index (χ2v) is 7.63. The Bertz CT molecular complexity index is 812. The van der Waals surface area contributed by atoms with Crippen LogP contribution < -0.4 is 0 Å². The van der Waals surface area contributed by atoms with E-state index in [1.54, 1.807) is 18.7 Å². The second kappa shape index (κ2) is 6.52. The second-order valence-electron chi connectivity index (χ2n) is 7.63. The van der Waals surface area contributed by atoms with Gasteiger partial charge in [-0.25, -0.2) is 0 Å². The van der Waals surface area contributed by atoms with Crippen molar-refractivity contribution in [1.82, 2.24) is 15.0 Å². The van der Waals surface area contributed by atoms with E-state index in [0.717, 1.165) is 19.5 Å². The largest absolute Gasteiger partial charge is 0.387 e. The summed E-state index contributed by atoms with van der Waals surface area (Å²) in [7, 11) is 0. The third-order valence-corrected chi connectivity index (χ3v) is 5.59. The van der Waals surface area contributed by atoms with Gasteiger partial charge >= 0.3 is 0 Å². The third kappa shape index (κ3) is 3.15. The minimum atomic E-state index is -0.860. The summed E-state index contributed by atoms with van der Waals surface area (Å²) < 4.78 is 5.11. The molecule has 1 fully saturated rings. The standard InChI is InChI=1S/C20H25N3O3/c1-14-18(15(2)26-21-14)19(24)23-10-8-20(25,13-23)12-22-9-7-16-5-3-4-6-17(16)11-22/h3-6,25H,7-13H2,1-2H3/t20-/m0/s1. The molecule has 3 heterocycles. The molecule has 26 heavy (non-hydrogen) atoms. The Balaban J connectivity index is 1.42. The van der Waals surface area contributed by atoms with E-state index in [9.17, 15) is 9.90 Å². The van der Waals surface area contributed by atoms with Crippen molar-refractivity contribution in [3.8, 4) is 0 Å². The van der Waals surface area contributed by atoms with Crippen LogP contribution in [0.2, 0.25) is 0 Å². The van der Waals surface area contributed by atoms with Crippen molar-refractivity contribution >= 4 is 5.91 Å². The monoisotopic (exact) mass is 355 g/mol. The molecule has 1 N–H and O–H groups in total. The lowest BCUT2D eigenvalue weighted by Crippen LogP contribution is -2.47. The number of nitrogens with zero attached hydrogens (tertiary/aromatic N) is 3. The molecule has 1 aromatic heterocycles. The van der Waals surface area contributed by atoms with Gasteiger partial charge in [0, 0.05) is 26.2 Å². The quantitative estimate of drug-likeness (QED) is 0.911. The fourth-order valence-corrected chi connectivity index (χ4v) is 4.21. The molecule has 2 aliphatic rings. The van der Waals surface area contributed by atoms with Gasteiger partial charge in [-0.2, -0.15) is 0 Å². The van der Waals surface area contributed by atoms with Crippen LogP contribution in [-0.4, -0.2) is 57.8 Å². The zero-order chi connectivity index (χ0) is 18.3. The lowest BCUT2D eigenvalue weighted by Gasteiger charge is -2.34. The number of aromatic nitrogens is 1. The molecule has 2 aromatic rings. The van der Waals surface area contributed by atoms with Crippen molar-refractivity contribution in [3.05, 3.63) is 52.4 Å². The summed E-state index contributed by atoms with van der Waals surface area (Å²) in [6, 6.07) is 8.49. The molecule has 6 heteroatoms. The van der Waals surface area contributed by atoms with Gasteiger partial charge < -0.3 is 14.5 Å². The average Bonchev–Trinajstić information content (AvgIpc) is 3.17. The van der Waals surface area contributed by atoms with Gasteiger partial charge in [-0.1, -0.05) is 29.4 Å². The molecule has 2 aliphatic heterocycles. The number of hydrogen-bond acceptors (Lipinski definition) is 5. The van der Waals surface area contributed by atoms with Gasteiger partial charge in [-0.3, -0.25) is 9.69 Å². The number of carbonyl (C=O) groups excluding carboxylic acids is 1. The summed E-state index contributed by atoms with van der Waals surface area (Å²) in [5.74, 6) is 0.441. The minimum Gasteiger partial charge on any atom is -0.387 e. The van der Waals surface area contributed by atoms with Crippen molar-refractivity contribution in [2.24, 2.45) is 0 Å². The van der Waals surface area contributed by atoms with Crippen molar-refractivity contribution in [2.75, 3.05) is 26.2 Å². The summed E-state index contributed by atoms with van der Waals surface area (Å²) in [5, 5.41) is 14.9. The van der Waals surface area contributed by atoms with Gasteiger partial charge in [0.25, 0.3) is 5.91 Å². The third-order valence-electron chi connectivity index (χ3n) is 5.59. The van der Waals surface area contributed by atoms with Crippen molar-refractivity contribution in [1.29, 1.82) is 0 Å². The number of rotatable bonds is 3. The van der Waals surface area contributed by atoms with E-state index in [1.807, 2.05) is 0 Å². The number of benzene rings is 1. The van der Waals surface area contributed by atoms with Gasteiger partial charge in [0.05, 0.1) is 17.8 Å². The predicted molar refractivity (Wildman–Crippen MR) is 96.9 cm³/mol. The van der Waals surface area contributed by atoms with E-state index in [4.69, 9.17) is 4.52 Å². The highest BCUT2D eigenvalue weighted by molar-refractivity contribution is 5.96. The highest BCUT2D eigenvalue weighted by Crippen LogP contribution is 2.28. The summed E-state index contributed by atoms with van der Waals surface area (Å²) in [4.78, 5) is 16.8. The van der Waals surface area contributed by atoms with Crippen LogP contribution in [0.15, 0.2) is 28.8 Å². The lowest BCUT2D eigenvalue weighted by atomic mass is 9.97. The molecule has 1 atom stereocenters. The number of aliphatic hydroxyl groups is 1. The molecule has 1 aromatic carbocycles. The predicted octanol–water partition coefficient (Wildman–Crippen LogP) is 1.93. The van der Waals surface area contributed by atoms with E-state index >= 15 is 0 Å². The fourth-order valence-electron chi connectivity index (χ4n) is 4.21. The maximum absolute atomic E-state index is 12.8. The van der Waals surface area contributed by atoms with Crippen molar-refractivity contribution in [3.63, 3.8) is 0 Å². The molecule has 1 saturated heterocycles. The highest BCUT2D eigenvalue weighted by Gasteiger charge is 2.41. The van der Waals surface area contributed by atoms with E-state index in [-0.39, 0.29) is 5.91 Å². The van der Waals surface area contributed by atoms with E-state index in [2.05, 4.69) is 34.3 Å². The molecular weight excluding hydrogens is 330 g/mol. The Morgan fingerprint density at radius 1 is 1.27 bits per heavy atom. The van der Waals surface area contributed by atoms with Crippen LogP contribution in [0.1, 0.15) is 39.4 Å². The molecule has 0 radical (unpaired) electrons. The first-order valence-corrected chi connectivity index (χ1v) is 9.19. The number of fused-ring (bicyclic) bond motifs is 1. The van der Waals surface area contributed by atoms with E-state index in [0.29, 0.717) is 43.1 Å². The number of β-amino-alcohol motifs (C(OH)–C–C–N with tert-alkyl or cyclic N) is 1. The number of carbonyl (C=O) groups is 1. The molecule has 138 valence electrons. The first-order chi connectivity index (χ1) is 12.5. The van der Waals surface area contributed by atoms with Crippen molar-refractivity contribution in [2.45, 2.75) is 38.8 Å². The molecule has 1 amide bonds. The van der Waals surface area contributed by atoms with Crippen LogP contribution >= 0.6 is 0 Å². The van der Waals surface area contributed by atoms with Crippen molar-refractivity contribution < 1.29 is 14.4 Å². The summed E-state index contributed by atoms with van der Waals surface area (Å²) >= 11 is 0. The van der Waals surface area contributed by atoms with Gasteiger partial charge in [-0.15, -0.1) is 0 Å². The summed E-state index contributed by atoms with van der Waals surface area (Å²) in [6.07, 6.45) is 1.61. The maximum Gasteiger partial charge on any atom is 0.259 e. The fraction of sp³-hybridized carbons (Fsp3) is 0.500. The van der Waals surface area contributed by atoms with Gasteiger partial charge in [0.15, 0.2) is 0 Å². The number of aryl methyl sites for hydroxylation is 2.